The summed E-state index contributed by atoms with van der Waals surface area (Å²) in [6.45, 7) is 3.80. The van der Waals surface area contributed by atoms with Crippen LogP contribution in [0.1, 0.15) is 11.3 Å². The molecule has 0 saturated carbocycles. The number of aryl methyl sites for hydroxylation is 1. The second-order valence-electron chi connectivity index (χ2n) is 5.36. The van der Waals surface area contributed by atoms with Crippen molar-refractivity contribution in [1.29, 1.82) is 0 Å². The number of rotatable bonds is 2. The summed E-state index contributed by atoms with van der Waals surface area (Å²) in [5.74, 6) is 1.68. The normalized spacial score (nSPS) is 13.6. The Morgan fingerprint density at radius 3 is 2.64 bits per heavy atom. The molecule has 0 unspecified atom stereocenters. The Balaban J connectivity index is 0.00000144. The number of hydrogen-bond donors (Lipinski definition) is 1. The number of aliphatic imine (C=N–C) groups is 1. The van der Waals surface area contributed by atoms with Gasteiger partial charge in [-0.3, -0.25) is 4.99 Å². The van der Waals surface area contributed by atoms with Gasteiger partial charge in [0.2, 0.25) is 0 Å². The Kier molecular flexibility index (Phi) is 3.90. The number of fused-ring (bicyclic) bond motifs is 1. The maximum atomic E-state index is 6.07. The number of furan rings is 1. The molecule has 1 aromatic heterocycles. The topological polar surface area (TPSA) is 37.5 Å². The molecule has 1 N–H and O–H groups in total. The molecule has 1 aliphatic heterocycles. The lowest BCUT2D eigenvalue weighted by Crippen LogP contribution is -2.18. The van der Waals surface area contributed by atoms with Gasteiger partial charge in [-0.1, -0.05) is 48.0 Å². The Morgan fingerprint density at radius 2 is 1.91 bits per heavy atom. The van der Waals surface area contributed by atoms with Gasteiger partial charge in [0.25, 0.3) is 0 Å². The molecule has 4 rings (SSSR count). The molecular weight excluding hydrogens is 296 g/mol. The van der Waals surface area contributed by atoms with E-state index in [0.717, 1.165) is 41.2 Å². The first kappa shape index (κ1) is 14.7. The van der Waals surface area contributed by atoms with Crippen LogP contribution >= 0.6 is 12.4 Å². The highest BCUT2D eigenvalue weighted by molar-refractivity contribution is 6.03. The maximum absolute atomic E-state index is 6.07. The third kappa shape index (κ3) is 2.48. The molecule has 2 aromatic carbocycles. The van der Waals surface area contributed by atoms with E-state index in [1.165, 1.54) is 11.1 Å². The summed E-state index contributed by atoms with van der Waals surface area (Å²) in [5.41, 5.74) is 4.48. The minimum atomic E-state index is 0. The Hall–Kier alpha value is -2.26. The van der Waals surface area contributed by atoms with E-state index in [2.05, 4.69) is 65.8 Å². The summed E-state index contributed by atoms with van der Waals surface area (Å²) in [4.78, 5) is 4.43. The summed E-state index contributed by atoms with van der Waals surface area (Å²) in [7, 11) is 0. The van der Waals surface area contributed by atoms with Crippen LogP contribution in [0, 0.1) is 6.92 Å². The molecule has 0 atom stereocenters. The minimum Gasteiger partial charge on any atom is -0.452 e. The molecule has 2 heterocycles. The van der Waals surface area contributed by atoms with Crippen LogP contribution in [0.5, 0.6) is 0 Å². The van der Waals surface area contributed by atoms with Crippen molar-refractivity contribution in [3.63, 3.8) is 0 Å². The molecule has 3 nitrogen and oxygen atoms in total. The molecular formula is C18H17ClN2O. The van der Waals surface area contributed by atoms with Crippen molar-refractivity contribution in [2.24, 2.45) is 4.99 Å². The van der Waals surface area contributed by atoms with Crippen LogP contribution < -0.4 is 5.32 Å². The average Bonchev–Trinajstić information content (AvgIpc) is 3.16. The smallest absolute Gasteiger partial charge is 0.170 e. The summed E-state index contributed by atoms with van der Waals surface area (Å²) in [6.07, 6.45) is 0. The van der Waals surface area contributed by atoms with Gasteiger partial charge in [0.15, 0.2) is 11.6 Å². The van der Waals surface area contributed by atoms with E-state index >= 15 is 0 Å². The van der Waals surface area contributed by atoms with Gasteiger partial charge >= 0.3 is 0 Å². The zero-order valence-corrected chi connectivity index (χ0v) is 13.1. The highest BCUT2D eigenvalue weighted by Crippen LogP contribution is 2.31. The van der Waals surface area contributed by atoms with Gasteiger partial charge in [0.1, 0.15) is 5.58 Å². The lowest BCUT2D eigenvalue weighted by molar-refractivity contribution is 0.603. The van der Waals surface area contributed by atoms with Crippen LogP contribution in [0.3, 0.4) is 0 Å². The zero-order valence-electron chi connectivity index (χ0n) is 12.3. The standard InChI is InChI=1S/C18H16N2O.ClH/c1-12-5-7-13(8-6-12)15-4-2-3-14-11-16(21-17(14)15)18-19-9-10-20-18;/h2-8,11H,9-10H2,1H3,(H,19,20);1H. The first-order chi connectivity index (χ1) is 10.3. The van der Waals surface area contributed by atoms with Crippen molar-refractivity contribution in [3.05, 3.63) is 59.9 Å². The number of benzene rings is 2. The van der Waals surface area contributed by atoms with Crippen molar-refractivity contribution in [3.8, 4) is 11.1 Å². The zero-order chi connectivity index (χ0) is 14.2. The number of nitrogens with one attached hydrogen (secondary N) is 1. The predicted molar refractivity (Wildman–Crippen MR) is 93.0 cm³/mol. The molecule has 0 fully saturated rings. The lowest BCUT2D eigenvalue weighted by Gasteiger charge is -2.03. The number of amidine groups is 1. The second-order valence-corrected chi connectivity index (χ2v) is 5.36. The molecule has 0 radical (unpaired) electrons. The van der Waals surface area contributed by atoms with E-state index in [9.17, 15) is 0 Å². The number of hydrogen-bond acceptors (Lipinski definition) is 3. The fourth-order valence-electron chi connectivity index (χ4n) is 2.70. The minimum absolute atomic E-state index is 0. The van der Waals surface area contributed by atoms with Crippen molar-refractivity contribution in [1.82, 2.24) is 5.32 Å². The fraction of sp³-hybridized carbons (Fsp3) is 0.167. The first-order valence-corrected chi connectivity index (χ1v) is 7.19. The molecule has 3 aromatic rings. The third-order valence-electron chi connectivity index (χ3n) is 3.81. The second kappa shape index (κ2) is 5.85. The number of nitrogens with zero attached hydrogens (tertiary/aromatic N) is 1. The Bertz CT molecular complexity index is 834. The van der Waals surface area contributed by atoms with E-state index < -0.39 is 0 Å². The summed E-state index contributed by atoms with van der Waals surface area (Å²) in [6, 6.07) is 16.8. The van der Waals surface area contributed by atoms with Crippen LogP contribution in [0.25, 0.3) is 22.1 Å². The Labute approximate surface area is 135 Å². The van der Waals surface area contributed by atoms with Crippen LogP contribution in [-0.2, 0) is 0 Å². The van der Waals surface area contributed by atoms with Gasteiger partial charge in [-0.25, -0.2) is 0 Å². The van der Waals surface area contributed by atoms with Crippen molar-refractivity contribution >= 4 is 29.2 Å². The van der Waals surface area contributed by atoms with Gasteiger partial charge in [-0.15, -0.1) is 12.4 Å². The lowest BCUT2D eigenvalue weighted by atomic mass is 10.0. The largest absolute Gasteiger partial charge is 0.452 e. The fourth-order valence-corrected chi connectivity index (χ4v) is 2.70. The first-order valence-electron chi connectivity index (χ1n) is 7.19. The van der Waals surface area contributed by atoms with Crippen LogP contribution in [0.15, 0.2) is 57.9 Å². The molecule has 0 amide bonds. The van der Waals surface area contributed by atoms with E-state index in [4.69, 9.17) is 4.42 Å². The van der Waals surface area contributed by atoms with E-state index in [1.54, 1.807) is 0 Å². The Morgan fingerprint density at radius 1 is 1.09 bits per heavy atom. The molecule has 0 bridgehead atoms. The van der Waals surface area contributed by atoms with Crippen molar-refractivity contribution in [2.45, 2.75) is 6.92 Å². The molecule has 0 spiro atoms. The molecule has 112 valence electrons. The summed E-state index contributed by atoms with van der Waals surface area (Å²) < 4.78 is 6.07. The highest BCUT2D eigenvalue weighted by atomic mass is 35.5. The molecule has 1 aliphatic rings. The van der Waals surface area contributed by atoms with E-state index in [1.807, 2.05) is 0 Å². The summed E-state index contributed by atoms with van der Waals surface area (Å²) in [5, 5.41) is 4.37. The van der Waals surface area contributed by atoms with Gasteiger partial charge < -0.3 is 9.73 Å². The number of halogens is 1. The van der Waals surface area contributed by atoms with Crippen molar-refractivity contribution < 1.29 is 4.42 Å². The predicted octanol–water partition coefficient (Wildman–Crippen LogP) is 4.18. The monoisotopic (exact) mass is 312 g/mol. The van der Waals surface area contributed by atoms with Gasteiger partial charge in [-0.2, -0.15) is 0 Å². The van der Waals surface area contributed by atoms with E-state index in [0.29, 0.717) is 0 Å². The SMILES string of the molecule is Cc1ccc(-c2cccc3cc(C4=NCCN4)oc23)cc1.Cl. The van der Waals surface area contributed by atoms with Crippen LogP contribution in [0.4, 0.5) is 0 Å². The van der Waals surface area contributed by atoms with Gasteiger partial charge in [-0.05, 0) is 18.6 Å². The maximum Gasteiger partial charge on any atom is 0.170 e. The molecule has 22 heavy (non-hydrogen) atoms. The number of para-hydroxylation sites is 1. The summed E-state index contributed by atoms with van der Waals surface area (Å²) >= 11 is 0. The van der Waals surface area contributed by atoms with Crippen molar-refractivity contribution in [2.75, 3.05) is 13.1 Å². The van der Waals surface area contributed by atoms with Crippen LogP contribution in [-0.4, -0.2) is 18.9 Å². The molecule has 0 aliphatic carbocycles. The van der Waals surface area contributed by atoms with Gasteiger partial charge in [0, 0.05) is 17.5 Å². The highest BCUT2D eigenvalue weighted by Gasteiger charge is 2.15. The van der Waals surface area contributed by atoms with Crippen LogP contribution in [0.2, 0.25) is 0 Å². The molecule has 0 saturated heterocycles. The van der Waals surface area contributed by atoms with E-state index in [-0.39, 0.29) is 12.4 Å². The average molecular weight is 313 g/mol. The van der Waals surface area contributed by atoms with Gasteiger partial charge in [0.05, 0.1) is 6.54 Å². The quantitative estimate of drug-likeness (QED) is 0.771. The third-order valence-corrected chi connectivity index (χ3v) is 3.81. The molecule has 4 heteroatoms.